The lowest BCUT2D eigenvalue weighted by Crippen LogP contribution is -2.40. The molecule has 1 fully saturated rings. The van der Waals surface area contributed by atoms with Crippen LogP contribution >= 0.6 is 0 Å². The minimum Gasteiger partial charge on any atom is -0.379 e. The van der Waals surface area contributed by atoms with Crippen molar-refractivity contribution in [1.29, 1.82) is 0 Å². The van der Waals surface area contributed by atoms with E-state index in [9.17, 15) is 13.2 Å². The van der Waals surface area contributed by atoms with Crippen LogP contribution in [0.3, 0.4) is 0 Å². The molecule has 1 aliphatic rings. The Labute approximate surface area is 192 Å². The standard InChI is InChI=1S/C22H26N6O4S/c1-14-5-6-18(13-19(14)33(30,31)27-7-9-32-10-8-27)21(29)25-20-12-17(4)26-28(20)22-23-15(2)11-16(3)24-22/h5-6,11-13H,7-10H2,1-4H3,(H,25,29). The van der Waals surface area contributed by atoms with Crippen molar-refractivity contribution in [2.24, 2.45) is 0 Å². The molecule has 0 aliphatic carbocycles. The largest absolute Gasteiger partial charge is 0.379 e. The van der Waals surface area contributed by atoms with E-state index in [1.165, 1.54) is 15.1 Å². The number of aromatic nitrogens is 4. The highest BCUT2D eigenvalue weighted by Crippen LogP contribution is 2.23. The first-order valence-corrected chi connectivity index (χ1v) is 12.0. The summed E-state index contributed by atoms with van der Waals surface area (Å²) in [4.78, 5) is 22.0. The summed E-state index contributed by atoms with van der Waals surface area (Å²) in [5.41, 5.74) is 3.02. The topological polar surface area (TPSA) is 119 Å². The molecule has 11 heteroatoms. The van der Waals surface area contributed by atoms with E-state index in [2.05, 4.69) is 20.4 Å². The van der Waals surface area contributed by atoms with Gasteiger partial charge in [-0.25, -0.2) is 18.4 Å². The first-order valence-electron chi connectivity index (χ1n) is 10.5. The molecule has 3 heterocycles. The van der Waals surface area contributed by atoms with Crippen LogP contribution in [0.4, 0.5) is 5.82 Å². The van der Waals surface area contributed by atoms with Crippen LogP contribution in [0.5, 0.6) is 0 Å². The molecule has 0 bridgehead atoms. The molecule has 33 heavy (non-hydrogen) atoms. The fraction of sp³-hybridized carbons (Fsp3) is 0.364. The molecule has 2 aromatic heterocycles. The number of nitrogens with zero attached hydrogens (tertiary/aromatic N) is 5. The van der Waals surface area contributed by atoms with Gasteiger partial charge in [0.05, 0.1) is 23.8 Å². The molecule has 3 aromatic rings. The zero-order valence-electron chi connectivity index (χ0n) is 19.0. The first-order chi connectivity index (χ1) is 15.6. The Balaban J connectivity index is 1.65. The van der Waals surface area contributed by atoms with Crippen LogP contribution in [0.15, 0.2) is 35.2 Å². The van der Waals surface area contributed by atoms with E-state index in [0.29, 0.717) is 36.2 Å². The molecule has 0 atom stereocenters. The van der Waals surface area contributed by atoms with Crippen molar-refractivity contribution < 1.29 is 17.9 Å². The van der Waals surface area contributed by atoms with Gasteiger partial charge in [-0.1, -0.05) is 6.07 Å². The molecule has 0 unspecified atom stereocenters. The fourth-order valence-corrected chi connectivity index (χ4v) is 5.34. The van der Waals surface area contributed by atoms with Crippen LogP contribution in [0, 0.1) is 27.7 Å². The van der Waals surface area contributed by atoms with Gasteiger partial charge in [0, 0.05) is 36.1 Å². The van der Waals surface area contributed by atoms with Gasteiger partial charge in [-0.15, -0.1) is 0 Å². The number of morpholine rings is 1. The third kappa shape index (κ3) is 4.80. The number of ether oxygens (including phenoxy) is 1. The summed E-state index contributed by atoms with van der Waals surface area (Å²) in [5.74, 6) is 0.273. The normalized spacial score (nSPS) is 14.9. The van der Waals surface area contributed by atoms with Crippen LogP contribution in [0.1, 0.15) is 33.0 Å². The van der Waals surface area contributed by atoms with Crippen molar-refractivity contribution in [2.75, 3.05) is 31.6 Å². The molecule has 174 valence electrons. The van der Waals surface area contributed by atoms with E-state index < -0.39 is 15.9 Å². The first kappa shape index (κ1) is 23.0. The van der Waals surface area contributed by atoms with Crippen LogP contribution in [-0.4, -0.2) is 64.7 Å². The lowest BCUT2D eigenvalue weighted by atomic mass is 10.1. The van der Waals surface area contributed by atoms with E-state index in [-0.39, 0.29) is 23.5 Å². The summed E-state index contributed by atoms with van der Waals surface area (Å²) in [7, 11) is -3.74. The number of aryl methyl sites for hydroxylation is 4. The van der Waals surface area contributed by atoms with Gasteiger partial charge in [-0.3, -0.25) is 4.79 Å². The molecule has 1 aromatic carbocycles. The molecular formula is C22H26N6O4S. The third-order valence-corrected chi connectivity index (χ3v) is 7.31. The number of carbonyl (C=O) groups is 1. The molecule has 1 amide bonds. The molecule has 1 saturated heterocycles. The van der Waals surface area contributed by atoms with Crippen LogP contribution in [0.2, 0.25) is 0 Å². The van der Waals surface area contributed by atoms with Crippen molar-refractivity contribution >= 4 is 21.7 Å². The van der Waals surface area contributed by atoms with Gasteiger partial charge in [-0.2, -0.15) is 14.1 Å². The lowest BCUT2D eigenvalue weighted by Gasteiger charge is -2.26. The van der Waals surface area contributed by atoms with E-state index in [4.69, 9.17) is 4.74 Å². The number of rotatable bonds is 5. The number of benzene rings is 1. The second-order valence-electron chi connectivity index (χ2n) is 7.98. The zero-order chi connectivity index (χ0) is 23.8. The van der Waals surface area contributed by atoms with Crippen molar-refractivity contribution in [3.05, 3.63) is 58.5 Å². The number of anilines is 1. The summed E-state index contributed by atoms with van der Waals surface area (Å²) >= 11 is 0. The Hall–Kier alpha value is -3.15. The van der Waals surface area contributed by atoms with Crippen LogP contribution in [-0.2, 0) is 14.8 Å². The maximum atomic E-state index is 13.2. The summed E-state index contributed by atoms with van der Waals surface area (Å²) in [6.07, 6.45) is 0. The highest BCUT2D eigenvalue weighted by Gasteiger charge is 2.28. The number of amides is 1. The molecule has 10 nitrogen and oxygen atoms in total. The van der Waals surface area contributed by atoms with Crippen LogP contribution < -0.4 is 5.32 Å². The quantitative estimate of drug-likeness (QED) is 0.607. The highest BCUT2D eigenvalue weighted by atomic mass is 32.2. The highest BCUT2D eigenvalue weighted by molar-refractivity contribution is 7.89. The predicted molar refractivity (Wildman–Crippen MR) is 122 cm³/mol. The second-order valence-corrected chi connectivity index (χ2v) is 9.89. The summed E-state index contributed by atoms with van der Waals surface area (Å²) in [5, 5.41) is 7.22. The fourth-order valence-electron chi connectivity index (χ4n) is 3.68. The van der Waals surface area contributed by atoms with Crippen molar-refractivity contribution in [1.82, 2.24) is 24.1 Å². The van der Waals surface area contributed by atoms with Gasteiger partial charge < -0.3 is 10.1 Å². The van der Waals surface area contributed by atoms with Crippen molar-refractivity contribution in [3.8, 4) is 5.95 Å². The summed E-state index contributed by atoms with van der Waals surface area (Å²) in [6.45, 7) is 8.49. The average molecular weight is 471 g/mol. The Morgan fingerprint density at radius 3 is 2.30 bits per heavy atom. The Kier molecular flexibility index (Phi) is 6.28. The third-order valence-electron chi connectivity index (χ3n) is 5.27. The molecule has 1 N–H and O–H groups in total. The number of carbonyl (C=O) groups excluding carboxylic acids is 1. The summed E-state index contributed by atoms with van der Waals surface area (Å²) in [6, 6.07) is 8.21. The smallest absolute Gasteiger partial charge is 0.256 e. The Bertz CT molecular complexity index is 1290. The molecular weight excluding hydrogens is 444 g/mol. The molecule has 0 saturated carbocycles. The van der Waals surface area contributed by atoms with Gasteiger partial charge in [0.2, 0.25) is 10.0 Å². The van der Waals surface area contributed by atoms with E-state index in [1.807, 2.05) is 19.9 Å². The van der Waals surface area contributed by atoms with Crippen molar-refractivity contribution in [2.45, 2.75) is 32.6 Å². The van der Waals surface area contributed by atoms with Crippen LogP contribution in [0.25, 0.3) is 5.95 Å². The van der Waals surface area contributed by atoms with Gasteiger partial charge >= 0.3 is 0 Å². The number of hydrogen-bond donors (Lipinski definition) is 1. The van der Waals surface area contributed by atoms with E-state index in [0.717, 1.165) is 11.4 Å². The zero-order valence-corrected chi connectivity index (χ0v) is 19.8. The average Bonchev–Trinajstić information content (AvgIpc) is 3.13. The number of nitrogens with one attached hydrogen (secondary N) is 1. The van der Waals surface area contributed by atoms with Gasteiger partial charge in [0.25, 0.3) is 11.9 Å². The number of sulfonamides is 1. The van der Waals surface area contributed by atoms with Crippen molar-refractivity contribution in [3.63, 3.8) is 0 Å². The minimum absolute atomic E-state index is 0.111. The van der Waals surface area contributed by atoms with Gasteiger partial charge in [-0.05, 0) is 51.5 Å². The summed E-state index contributed by atoms with van der Waals surface area (Å²) < 4.78 is 34.4. The minimum atomic E-state index is -3.74. The van der Waals surface area contributed by atoms with E-state index >= 15 is 0 Å². The van der Waals surface area contributed by atoms with E-state index in [1.54, 1.807) is 32.0 Å². The Morgan fingerprint density at radius 2 is 1.64 bits per heavy atom. The predicted octanol–water partition coefficient (Wildman–Crippen LogP) is 2.17. The maximum Gasteiger partial charge on any atom is 0.256 e. The SMILES string of the molecule is Cc1cc(C)nc(-n2nc(C)cc2NC(=O)c2ccc(C)c(S(=O)(=O)N3CCOCC3)c2)n1. The molecule has 0 radical (unpaired) electrons. The lowest BCUT2D eigenvalue weighted by molar-refractivity contribution is 0.0730. The van der Waals surface area contributed by atoms with Gasteiger partial charge in [0.1, 0.15) is 5.82 Å². The Morgan fingerprint density at radius 1 is 0.970 bits per heavy atom. The number of hydrogen-bond acceptors (Lipinski definition) is 7. The molecule has 4 rings (SSSR count). The second kappa shape index (κ2) is 9.00. The molecule has 1 aliphatic heterocycles. The van der Waals surface area contributed by atoms with Gasteiger partial charge in [0.15, 0.2) is 0 Å². The molecule has 0 spiro atoms. The monoisotopic (exact) mass is 470 g/mol. The maximum absolute atomic E-state index is 13.2.